The van der Waals surface area contributed by atoms with Crippen LogP contribution in [0, 0.1) is 12.7 Å². The predicted octanol–water partition coefficient (Wildman–Crippen LogP) is 3.14. The van der Waals surface area contributed by atoms with Crippen molar-refractivity contribution in [2.45, 2.75) is 13.0 Å². The van der Waals surface area contributed by atoms with Gasteiger partial charge in [0.25, 0.3) is 0 Å². The van der Waals surface area contributed by atoms with Crippen molar-refractivity contribution in [1.82, 2.24) is 5.32 Å². The van der Waals surface area contributed by atoms with E-state index in [1.54, 1.807) is 30.5 Å². The summed E-state index contributed by atoms with van der Waals surface area (Å²) in [6.45, 7) is 1.69. The molecule has 7 heteroatoms. The van der Waals surface area contributed by atoms with Gasteiger partial charge in [-0.15, -0.1) is 11.3 Å². The van der Waals surface area contributed by atoms with Gasteiger partial charge in [0.2, 0.25) is 0 Å². The van der Waals surface area contributed by atoms with E-state index in [0.29, 0.717) is 10.4 Å². The second kappa shape index (κ2) is 6.36. The third-order valence-electron chi connectivity index (χ3n) is 2.65. The highest BCUT2D eigenvalue weighted by molar-refractivity contribution is 7.10. The summed E-state index contributed by atoms with van der Waals surface area (Å²) < 4.78 is 13.2. The average molecular weight is 308 g/mol. The molecule has 0 radical (unpaired) electrons. The molecule has 0 fully saturated rings. The molecule has 2 rings (SSSR count). The van der Waals surface area contributed by atoms with Gasteiger partial charge in [-0.05, 0) is 42.1 Å². The minimum atomic E-state index is -1.16. The molecule has 1 atom stereocenters. The van der Waals surface area contributed by atoms with E-state index in [-0.39, 0.29) is 5.69 Å². The molecule has 0 aliphatic carbocycles. The van der Waals surface area contributed by atoms with E-state index in [4.69, 9.17) is 5.11 Å². The third kappa shape index (κ3) is 4.03. The van der Waals surface area contributed by atoms with E-state index in [2.05, 4.69) is 10.6 Å². The highest BCUT2D eigenvalue weighted by Crippen LogP contribution is 2.19. The van der Waals surface area contributed by atoms with Gasteiger partial charge in [0, 0.05) is 10.6 Å². The van der Waals surface area contributed by atoms with E-state index in [0.717, 1.165) is 6.07 Å². The second-order valence-corrected chi connectivity index (χ2v) is 5.38. The van der Waals surface area contributed by atoms with Crippen molar-refractivity contribution in [3.63, 3.8) is 0 Å². The van der Waals surface area contributed by atoms with Crippen LogP contribution in [0.1, 0.15) is 16.5 Å². The molecule has 2 aromatic rings. The Morgan fingerprint density at radius 3 is 2.67 bits per heavy atom. The Hall–Kier alpha value is -2.41. The molecule has 0 saturated heterocycles. The number of aryl methyl sites for hydroxylation is 1. The summed E-state index contributed by atoms with van der Waals surface area (Å²) in [5.74, 6) is -1.64. The molecular weight excluding hydrogens is 295 g/mol. The number of carboxylic acid groups (broad SMARTS) is 1. The van der Waals surface area contributed by atoms with Crippen LogP contribution in [0.25, 0.3) is 0 Å². The molecule has 1 heterocycles. The van der Waals surface area contributed by atoms with Gasteiger partial charge in [0.05, 0.1) is 0 Å². The Labute approximate surface area is 124 Å². The molecule has 110 valence electrons. The van der Waals surface area contributed by atoms with Crippen LogP contribution < -0.4 is 10.6 Å². The number of thiophene rings is 1. The summed E-state index contributed by atoms with van der Waals surface area (Å²) >= 11 is 1.23. The summed E-state index contributed by atoms with van der Waals surface area (Å²) in [6, 6.07) is 5.55. The average Bonchev–Trinajstić information content (AvgIpc) is 2.87. The number of anilines is 1. The number of carboxylic acids is 1. The van der Waals surface area contributed by atoms with Crippen LogP contribution in [0.3, 0.4) is 0 Å². The second-order valence-electron chi connectivity index (χ2n) is 4.40. The van der Waals surface area contributed by atoms with Crippen LogP contribution in [0.5, 0.6) is 0 Å². The van der Waals surface area contributed by atoms with Gasteiger partial charge in [0.15, 0.2) is 6.04 Å². The molecule has 3 N–H and O–H groups in total. The van der Waals surface area contributed by atoms with Crippen LogP contribution in [-0.4, -0.2) is 17.1 Å². The van der Waals surface area contributed by atoms with Crippen molar-refractivity contribution in [3.05, 3.63) is 52.0 Å². The first-order valence-corrected chi connectivity index (χ1v) is 6.94. The molecule has 0 saturated carbocycles. The fourth-order valence-corrected chi connectivity index (χ4v) is 2.58. The van der Waals surface area contributed by atoms with E-state index >= 15 is 0 Å². The molecule has 1 aromatic carbocycles. The summed E-state index contributed by atoms with van der Waals surface area (Å²) in [5.41, 5.74) is 0.915. The maximum Gasteiger partial charge on any atom is 0.331 e. The third-order valence-corrected chi connectivity index (χ3v) is 3.59. The lowest BCUT2D eigenvalue weighted by Gasteiger charge is -2.14. The number of benzene rings is 1. The van der Waals surface area contributed by atoms with E-state index in [9.17, 15) is 14.0 Å². The summed E-state index contributed by atoms with van der Waals surface area (Å²) in [5, 5.41) is 15.6. The van der Waals surface area contributed by atoms with Crippen LogP contribution in [-0.2, 0) is 4.79 Å². The van der Waals surface area contributed by atoms with Crippen LogP contribution in [0.2, 0.25) is 0 Å². The molecule has 1 aromatic heterocycles. The van der Waals surface area contributed by atoms with Gasteiger partial charge in [-0.2, -0.15) is 0 Å². The normalized spacial score (nSPS) is 11.7. The van der Waals surface area contributed by atoms with Crippen LogP contribution >= 0.6 is 11.3 Å². The van der Waals surface area contributed by atoms with Gasteiger partial charge >= 0.3 is 12.0 Å². The number of hydrogen-bond acceptors (Lipinski definition) is 3. The number of amides is 2. The van der Waals surface area contributed by atoms with Crippen molar-refractivity contribution < 1.29 is 19.1 Å². The fourth-order valence-electron chi connectivity index (χ4n) is 1.82. The van der Waals surface area contributed by atoms with Gasteiger partial charge in [-0.3, -0.25) is 0 Å². The molecule has 5 nitrogen and oxygen atoms in total. The zero-order chi connectivity index (χ0) is 15.4. The Bertz CT molecular complexity index is 638. The Morgan fingerprint density at radius 1 is 1.33 bits per heavy atom. The predicted molar refractivity (Wildman–Crippen MR) is 78.0 cm³/mol. The van der Waals surface area contributed by atoms with E-state index < -0.39 is 23.9 Å². The lowest BCUT2D eigenvalue weighted by molar-refractivity contribution is -0.139. The van der Waals surface area contributed by atoms with Crippen molar-refractivity contribution in [1.29, 1.82) is 0 Å². The highest BCUT2D eigenvalue weighted by Gasteiger charge is 2.23. The van der Waals surface area contributed by atoms with Crippen molar-refractivity contribution in [2.75, 3.05) is 5.32 Å². The Kier molecular flexibility index (Phi) is 4.54. The van der Waals surface area contributed by atoms with Gasteiger partial charge in [0.1, 0.15) is 5.82 Å². The number of carbonyl (C=O) groups excluding carboxylic acids is 1. The molecule has 0 bridgehead atoms. The first kappa shape index (κ1) is 15.0. The maximum absolute atomic E-state index is 13.2. The maximum atomic E-state index is 13.2. The molecule has 2 amide bonds. The van der Waals surface area contributed by atoms with Crippen LogP contribution in [0.15, 0.2) is 35.7 Å². The number of halogens is 1. The van der Waals surface area contributed by atoms with Gasteiger partial charge in [-0.1, -0.05) is 6.07 Å². The number of carbonyl (C=O) groups is 2. The molecular formula is C14H13FN2O3S. The lowest BCUT2D eigenvalue weighted by atomic mass is 10.2. The topological polar surface area (TPSA) is 78.4 Å². The highest BCUT2D eigenvalue weighted by atomic mass is 32.1. The summed E-state index contributed by atoms with van der Waals surface area (Å²) in [7, 11) is 0. The van der Waals surface area contributed by atoms with Gasteiger partial charge in [-0.25, -0.2) is 14.0 Å². The van der Waals surface area contributed by atoms with Crippen molar-refractivity contribution >= 4 is 29.0 Å². The molecule has 0 spiro atoms. The number of hydrogen-bond donors (Lipinski definition) is 3. The molecule has 0 aliphatic heterocycles. The number of urea groups is 1. The minimum absolute atomic E-state index is 0.264. The smallest absolute Gasteiger partial charge is 0.331 e. The number of nitrogens with one attached hydrogen (secondary N) is 2. The zero-order valence-electron chi connectivity index (χ0n) is 11.1. The van der Waals surface area contributed by atoms with E-state index in [1.165, 1.54) is 17.4 Å². The first-order chi connectivity index (χ1) is 9.95. The Balaban J connectivity index is 2.08. The number of rotatable bonds is 4. The quantitative estimate of drug-likeness (QED) is 0.812. The summed E-state index contributed by atoms with van der Waals surface area (Å²) in [6.07, 6.45) is 0. The van der Waals surface area contributed by atoms with Crippen LogP contribution in [0.4, 0.5) is 14.9 Å². The monoisotopic (exact) mass is 308 g/mol. The van der Waals surface area contributed by atoms with E-state index in [1.807, 2.05) is 0 Å². The minimum Gasteiger partial charge on any atom is -0.479 e. The Morgan fingerprint density at radius 2 is 2.10 bits per heavy atom. The molecule has 1 unspecified atom stereocenters. The molecule has 0 aliphatic rings. The lowest BCUT2D eigenvalue weighted by Crippen LogP contribution is -2.36. The van der Waals surface area contributed by atoms with Crippen molar-refractivity contribution in [3.8, 4) is 0 Å². The summed E-state index contributed by atoms with van der Waals surface area (Å²) in [4.78, 5) is 23.5. The first-order valence-electron chi connectivity index (χ1n) is 6.06. The zero-order valence-corrected chi connectivity index (χ0v) is 11.9. The SMILES string of the molecule is Cc1cc(F)cc(NC(=O)NC(C(=O)O)c2cccs2)c1. The fraction of sp³-hybridized carbons (Fsp3) is 0.143. The van der Waals surface area contributed by atoms with Crippen molar-refractivity contribution in [2.24, 2.45) is 0 Å². The number of aliphatic carboxylic acids is 1. The largest absolute Gasteiger partial charge is 0.479 e. The standard InChI is InChI=1S/C14H13FN2O3S/c1-8-5-9(15)7-10(6-8)16-14(20)17-12(13(18)19)11-3-2-4-21-11/h2-7,12H,1H3,(H,18,19)(H2,16,17,20). The van der Waals surface area contributed by atoms with Gasteiger partial charge < -0.3 is 15.7 Å². The molecule has 21 heavy (non-hydrogen) atoms.